The van der Waals surface area contributed by atoms with Crippen LogP contribution in [0.1, 0.15) is 59.5 Å². The van der Waals surface area contributed by atoms with Gasteiger partial charge in [0.05, 0.1) is 19.8 Å². The Bertz CT molecular complexity index is 1010. The molecule has 2 rings (SSSR count). The first-order valence-electron chi connectivity index (χ1n) is 10.1. The number of esters is 1. The van der Waals surface area contributed by atoms with Crippen LogP contribution < -0.4 is 19.6 Å². The third-order valence-electron chi connectivity index (χ3n) is 4.87. The molecular formula is C24H30N2O6. The molecule has 0 aliphatic carbocycles. The van der Waals surface area contributed by atoms with Crippen molar-refractivity contribution in [2.45, 2.75) is 47.1 Å². The molecule has 2 amide bonds. The Morgan fingerprint density at radius 1 is 0.906 bits per heavy atom. The van der Waals surface area contributed by atoms with E-state index >= 15 is 0 Å². The molecule has 1 N–H and O–H groups in total. The number of ether oxygens (including phenoxy) is 3. The van der Waals surface area contributed by atoms with Crippen molar-refractivity contribution in [2.24, 2.45) is 0 Å². The number of nitrogens with one attached hydrogen (secondary N) is 1. The minimum atomic E-state index is -0.750. The first kappa shape index (κ1) is 24.7. The number of hydrazine groups is 1. The largest absolute Gasteiger partial charge is 0.496 e. The molecule has 0 spiro atoms. The summed E-state index contributed by atoms with van der Waals surface area (Å²) in [6, 6.07) is 8.03. The van der Waals surface area contributed by atoms with Crippen LogP contribution in [0.4, 0.5) is 0 Å². The highest BCUT2D eigenvalue weighted by atomic mass is 16.5. The zero-order valence-electron chi connectivity index (χ0n) is 19.8. The molecule has 0 aliphatic rings. The fourth-order valence-electron chi connectivity index (χ4n) is 3.15. The molecule has 0 fully saturated rings. The highest BCUT2D eigenvalue weighted by molar-refractivity contribution is 6.01. The fourth-order valence-corrected chi connectivity index (χ4v) is 3.15. The first-order chi connectivity index (χ1) is 14.9. The van der Waals surface area contributed by atoms with Gasteiger partial charge in [0.15, 0.2) is 0 Å². The van der Waals surface area contributed by atoms with E-state index < -0.39 is 23.3 Å². The average molecular weight is 443 g/mol. The fraction of sp³-hybridized carbons (Fsp3) is 0.375. The van der Waals surface area contributed by atoms with E-state index in [2.05, 4.69) is 5.43 Å². The molecule has 8 nitrogen and oxygen atoms in total. The number of hydrogen-bond donors (Lipinski definition) is 1. The van der Waals surface area contributed by atoms with Crippen molar-refractivity contribution in [3.05, 3.63) is 52.6 Å². The number of carbonyl (C=O) groups excluding carboxylic acids is 3. The molecular weight excluding hydrogens is 412 g/mol. The number of nitrogens with zero attached hydrogens (tertiary/aromatic N) is 1. The predicted octanol–water partition coefficient (Wildman–Crippen LogP) is 3.83. The summed E-state index contributed by atoms with van der Waals surface area (Å²) in [5.74, 6) is -0.149. The summed E-state index contributed by atoms with van der Waals surface area (Å²) in [6.07, 6.45) is 0. The van der Waals surface area contributed by atoms with E-state index in [-0.39, 0.29) is 11.3 Å². The van der Waals surface area contributed by atoms with Gasteiger partial charge in [-0.25, -0.2) is 5.01 Å². The van der Waals surface area contributed by atoms with E-state index in [1.807, 2.05) is 6.92 Å². The molecule has 0 heterocycles. The predicted molar refractivity (Wildman–Crippen MR) is 120 cm³/mol. The van der Waals surface area contributed by atoms with Gasteiger partial charge in [-0.05, 0) is 58.9 Å². The van der Waals surface area contributed by atoms with Crippen molar-refractivity contribution < 1.29 is 28.6 Å². The lowest BCUT2D eigenvalue weighted by molar-refractivity contribution is -0.131. The van der Waals surface area contributed by atoms with Crippen LogP contribution in [0.15, 0.2) is 30.3 Å². The van der Waals surface area contributed by atoms with Crippen LogP contribution >= 0.6 is 0 Å². The molecule has 0 radical (unpaired) electrons. The van der Waals surface area contributed by atoms with Gasteiger partial charge in [0.25, 0.3) is 11.8 Å². The van der Waals surface area contributed by atoms with E-state index in [9.17, 15) is 14.4 Å². The molecule has 0 atom stereocenters. The molecule has 0 saturated carbocycles. The molecule has 0 aliphatic heterocycles. The summed E-state index contributed by atoms with van der Waals surface area (Å²) in [5.41, 5.74) is 3.78. The number of benzene rings is 2. The third-order valence-corrected chi connectivity index (χ3v) is 4.87. The smallest absolute Gasteiger partial charge is 0.308 e. The molecule has 32 heavy (non-hydrogen) atoms. The second-order valence-electron chi connectivity index (χ2n) is 8.28. The maximum Gasteiger partial charge on any atom is 0.308 e. The van der Waals surface area contributed by atoms with Crippen LogP contribution in [0.3, 0.4) is 0 Å². The zero-order chi connectivity index (χ0) is 24.2. The molecule has 0 aromatic heterocycles. The molecule has 0 unspecified atom stereocenters. The Morgan fingerprint density at radius 3 is 1.94 bits per heavy atom. The lowest BCUT2D eigenvalue weighted by atomic mass is 10.0. The van der Waals surface area contributed by atoms with Gasteiger partial charge in [-0.15, -0.1) is 0 Å². The van der Waals surface area contributed by atoms with Gasteiger partial charge in [-0.1, -0.05) is 6.07 Å². The minimum absolute atomic E-state index is 0.282. The second-order valence-corrected chi connectivity index (χ2v) is 8.28. The summed E-state index contributed by atoms with van der Waals surface area (Å²) in [6.45, 7) is 10.2. The number of rotatable bonds is 5. The van der Waals surface area contributed by atoms with Crippen LogP contribution in [0.25, 0.3) is 0 Å². The third kappa shape index (κ3) is 5.38. The van der Waals surface area contributed by atoms with Crippen molar-refractivity contribution in [3.63, 3.8) is 0 Å². The Labute approximate surface area is 188 Å². The Hall–Kier alpha value is -3.55. The van der Waals surface area contributed by atoms with Gasteiger partial charge < -0.3 is 14.2 Å². The molecule has 0 bridgehead atoms. The molecule has 2 aromatic rings. The monoisotopic (exact) mass is 442 g/mol. The quantitative estimate of drug-likeness (QED) is 0.430. The van der Waals surface area contributed by atoms with Crippen LogP contribution in [0, 0.1) is 13.8 Å². The van der Waals surface area contributed by atoms with E-state index in [4.69, 9.17) is 14.2 Å². The lowest BCUT2D eigenvalue weighted by Crippen LogP contribution is -2.56. The SMILES string of the molecule is COc1cc(C(=O)N(NC(=O)c2cccc(OC(C)=O)c2C)C(C)(C)C)cc(OC)c1C. The molecule has 8 heteroatoms. The second kappa shape index (κ2) is 9.72. The van der Waals surface area contributed by atoms with Gasteiger partial charge in [0, 0.05) is 29.2 Å². The van der Waals surface area contributed by atoms with Crippen LogP contribution in [-0.2, 0) is 4.79 Å². The van der Waals surface area contributed by atoms with Gasteiger partial charge in [-0.3, -0.25) is 19.8 Å². The summed E-state index contributed by atoms with van der Waals surface area (Å²) in [7, 11) is 3.02. The zero-order valence-corrected chi connectivity index (χ0v) is 19.8. The standard InChI is InChI=1S/C24H30N2O6/c1-14-18(10-9-11-19(14)32-16(3)27)22(28)25-26(24(4,5)6)23(29)17-12-20(30-7)15(2)21(13-17)31-8/h9-13H,1-8H3,(H,25,28). The van der Waals surface area contributed by atoms with Gasteiger partial charge in [0.1, 0.15) is 17.2 Å². The van der Waals surface area contributed by atoms with Crippen molar-refractivity contribution in [2.75, 3.05) is 14.2 Å². The summed E-state index contributed by atoms with van der Waals surface area (Å²) < 4.78 is 15.9. The topological polar surface area (TPSA) is 94.2 Å². The lowest BCUT2D eigenvalue weighted by Gasteiger charge is -2.35. The van der Waals surface area contributed by atoms with E-state index in [1.165, 1.54) is 26.2 Å². The number of methoxy groups -OCH3 is 2. The van der Waals surface area contributed by atoms with Crippen LogP contribution in [0.5, 0.6) is 17.2 Å². The van der Waals surface area contributed by atoms with Crippen molar-refractivity contribution >= 4 is 17.8 Å². The van der Waals surface area contributed by atoms with Crippen molar-refractivity contribution in [1.29, 1.82) is 0 Å². The Kier molecular flexibility index (Phi) is 7.51. The maximum absolute atomic E-state index is 13.4. The number of hydrogen-bond acceptors (Lipinski definition) is 6. The molecule has 0 saturated heterocycles. The number of amides is 2. The Morgan fingerprint density at radius 2 is 1.47 bits per heavy atom. The van der Waals surface area contributed by atoms with Crippen molar-refractivity contribution in [3.8, 4) is 17.2 Å². The average Bonchev–Trinajstić information content (AvgIpc) is 2.71. The summed E-state index contributed by atoms with van der Waals surface area (Å²) >= 11 is 0. The highest BCUT2D eigenvalue weighted by Crippen LogP contribution is 2.31. The first-order valence-corrected chi connectivity index (χ1v) is 10.1. The van der Waals surface area contributed by atoms with Crippen LogP contribution in [-0.4, -0.2) is 42.6 Å². The Balaban J connectivity index is 2.44. The van der Waals surface area contributed by atoms with Crippen LogP contribution in [0.2, 0.25) is 0 Å². The summed E-state index contributed by atoms with van der Waals surface area (Å²) in [4.78, 5) is 37.9. The van der Waals surface area contributed by atoms with Gasteiger partial charge >= 0.3 is 5.97 Å². The van der Waals surface area contributed by atoms with E-state index in [0.29, 0.717) is 22.6 Å². The van der Waals surface area contributed by atoms with Gasteiger partial charge in [0.2, 0.25) is 0 Å². The minimum Gasteiger partial charge on any atom is -0.496 e. The van der Waals surface area contributed by atoms with Crippen molar-refractivity contribution in [1.82, 2.24) is 10.4 Å². The molecule has 2 aromatic carbocycles. The summed E-state index contributed by atoms with van der Waals surface area (Å²) in [5, 5.41) is 1.26. The maximum atomic E-state index is 13.4. The van der Waals surface area contributed by atoms with E-state index in [0.717, 1.165) is 5.56 Å². The normalized spacial score (nSPS) is 10.9. The molecule has 172 valence electrons. The van der Waals surface area contributed by atoms with Gasteiger partial charge in [-0.2, -0.15) is 0 Å². The number of carbonyl (C=O) groups is 3. The highest BCUT2D eigenvalue weighted by Gasteiger charge is 2.31. The van der Waals surface area contributed by atoms with E-state index in [1.54, 1.807) is 58.0 Å².